The molecule has 1 rings (SSSR count). The molecule has 5 heteroatoms. The van der Waals surface area contributed by atoms with Crippen molar-refractivity contribution in [1.29, 1.82) is 0 Å². The minimum absolute atomic E-state index is 0.0102. The van der Waals surface area contributed by atoms with Gasteiger partial charge < -0.3 is 15.2 Å². The highest BCUT2D eigenvalue weighted by molar-refractivity contribution is 5.79. The molecule has 1 aromatic rings. The maximum Gasteiger partial charge on any atom is 0.408 e. The summed E-state index contributed by atoms with van der Waals surface area (Å²) >= 11 is 0. The third-order valence-electron chi connectivity index (χ3n) is 2.22. The van der Waals surface area contributed by atoms with E-state index in [1.54, 1.807) is 38.1 Å². The zero-order valence-electron chi connectivity index (χ0n) is 12.9. The fourth-order valence-corrected chi connectivity index (χ4v) is 1.39. The fourth-order valence-electron chi connectivity index (χ4n) is 1.39. The molecule has 0 spiro atoms. The van der Waals surface area contributed by atoms with Crippen LogP contribution in [0.2, 0.25) is 0 Å². The van der Waals surface area contributed by atoms with E-state index in [0.29, 0.717) is 0 Å². The van der Waals surface area contributed by atoms with Gasteiger partial charge in [-0.15, -0.1) is 0 Å². The van der Waals surface area contributed by atoms with E-state index in [4.69, 9.17) is 12.6 Å². The van der Waals surface area contributed by atoms with Gasteiger partial charge in [-0.25, -0.2) is 9.59 Å². The summed E-state index contributed by atoms with van der Waals surface area (Å²) in [6.45, 7) is 3.09. The number of aliphatic carboxylic acids is 1. The molecule has 104 valence electrons. The molecule has 0 saturated carbocycles. The number of alkyl carbamates (subject to hydrolysis) is 1. The van der Waals surface area contributed by atoms with Gasteiger partial charge in [0.2, 0.25) is 0 Å². The van der Waals surface area contributed by atoms with Gasteiger partial charge in [0.15, 0.2) is 0 Å². The maximum absolute atomic E-state index is 11.6. The highest BCUT2D eigenvalue weighted by Gasteiger charge is 2.21. The van der Waals surface area contributed by atoms with Crippen LogP contribution in [-0.2, 0) is 16.1 Å². The van der Waals surface area contributed by atoms with Crippen LogP contribution in [0.3, 0.4) is 0 Å². The number of hydrogen-bond acceptors (Lipinski definition) is 3. The molecule has 0 saturated heterocycles. The van der Waals surface area contributed by atoms with Gasteiger partial charge in [-0.3, -0.25) is 0 Å². The summed E-state index contributed by atoms with van der Waals surface area (Å²) in [4.78, 5) is 22.8. The van der Waals surface area contributed by atoms with Gasteiger partial charge in [0, 0.05) is 2.74 Å². The molecule has 2 N–H and O–H groups in total. The number of carboxylic acids is 1. The summed E-state index contributed by atoms with van der Waals surface area (Å²) in [5, 5.41) is 11.2. The van der Waals surface area contributed by atoms with Crippen molar-refractivity contribution >= 4 is 12.1 Å². The van der Waals surface area contributed by atoms with Crippen LogP contribution >= 0.6 is 0 Å². The van der Waals surface area contributed by atoms with Crippen LogP contribution in [0.5, 0.6) is 0 Å². The molecule has 0 aromatic heterocycles. The van der Waals surface area contributed by atoms with Crippen LogP contribution in [0.15, 0.2) is 30.3 Å². The Labute approximate surface area is 115 Å². The third kappa shape index (κ3) is 5.90. The molecule has 0 aliphatic rings. The molecule has 0 aliphatic heterocycles. The van der Waals surface area contributed by atoms with Gasteiger partial charge in [0.05, 0.1) is 0 Å². The van der Waals surface area contributed by atoms with Crippen LogP contribution in [0.25, 0.3) is 0 Å². The Morgan fingerprint density at radius 1 is 1.37 bits per heavy atom. The van der Waals surface area contributed by atoms with Gasteiger partial charge in [-0.2, -0.15) is 0 Å². The lowest BCUT2D eigenvalue weighted by atomic mass is 10.0. The number of nitrogens with one attached hydrogen (secondary N) is 1. The zero-order valence-corrected chi connectivity index (χ0v) is 10.9. The molecule has 1 aromatic carbocycles. The number of carbonyl (C=O) groups is 2. The molecule has 0 heterocycles. The molecular weight excluding hydrogens is 246 g/mol. The monoisotopic (exact) mass is 267 g/mol. The van der Waals surface area contributed by atoms with Gasteiger partial charge in [0.1, 0.15) is 12.6 Å². The van der Waals surface area contributed by atoms with E-state index in [2.05, 4.69) is 5.32 Å². The van der Waals surface area contributed by atoms with Crippen molar-refractivity contribution in [3.8, 4) is 0 Å². The topological polar surface area (TPSA) is 75.6 Å². The lowest BCUT2D eigenvalue weighted by molar-refractivity contribution is -0.139. The summed E-state index contributed by atoms with van der Waals surface area (Å²) in [5.74, 6) is -2.02. The molecule has 0 bridgehead atoms. The quantitative estimate of drug-likeness (QED) is 0.830. The minimum Gasteiger partial charge on any atom is -0.480 e. The van der Waals surface area contributed by atoms with Gasteiger partial charge in [-0.05, 0) is 17.9 Å². The van der Waals surface area contributed by atoms with E-state index >= 15 is 0 Å². The fraction of sp³-hybridized carbons (Fsp3) is 0.429. The Bertz CT molecular complexity index is 491. The van der Waals surface area contributed by atoms with E-state index in [1.807, 2.05) is 6.07 Å². The molecule has 0 radical (unpaired) electrons. The third-order valence-corrected chi connectivity index (χ3v) is 2.22. The molecule has 0 aliphatic carbocycles. The van der Waals surface area contributed by atoms with Crippen molar-refractivity contribution in [2.75, 3.05) is 0 Å². The number of carboxylic acid groups (broad SMARTS) is 1. The number of carbonyl (C=O) groups excluding carboxylic acids is 1. The van der Waals surface area contributed by atoms with Crippen LogP contribution in [0.1, 0.15) is 28.5 Å². The summed E-state index contributed by atoms with van der Waals surface area (Å²) in [6.07, 6.45) is -3.05. The SMILES string of the molecule is [2H]C([2H])(C(C)C)[C@H](NC(=O)OCc1ccccc1)C(=O)O. The minimum atomic E-state index is -2.09. The Morgan fingerprint density at radius 2 is 2.00 bits per heavy atom. The summed E-state index contributed by atoms with van der Waals surface area (Å²) in [7, 11) is 0. The van der Waals surface area contributed by atoms with E-state index in [0.717, 1.165) is 5.56 Å². The first-order chi connectivity index (χ1) is 9.75. The van der Waals surface area contributed by atoms with Crippen molar-refractivity contribution < 1.29 is 22.2 Å². The molecule has 1 amide bonds. The Morgan fingerprint density at radius 3 is 2.53 bits per heavy atom. The van der Waals surface area contributed by atoms with E-state index in [9.17, 15) is 9.59 Å². The van der Waals surface area contributed by atoms with Crippen molar-refractivity contribution in [3.63, 3.8) is 0 Å². The number of amides is 1. The number of rotatable bonds is 6. The van der Waals surface area contributed by atoms with Crippen LogP contribution < -0.4 is 5.32 Å². The second-order valence-electron chi connectivity index (χ2n) is 4.30. The summed E-state index contributed by atoms with van der Waals surface area (Å²) < 4.78 is 20.5. The number of hydrogen-bond donors (Lipinski definition) is 2. The first kappa shape index (κ1) is 12.0. The summed E-state index contributed by atoms with van der Waals surface area (Å²) in [6, 6.07) is 7.24. The van der Waals surface area contributed by atoms with E-state index < -0.39 is 30.4 Å². The second kappa shape index (κ2) is 7.41. The summed E-state index contributed by atoms with van der Waals surface area (Å²) in [5.41, 5.74) is 0.756. The molecule has 0 unspecified atom stereocenters. The van der Waals surface area contributed by atoms with Crippen LogP contribution in [0.4, 0.5) is 4.79 Å². The highest BCUT2D eigenvalue weighted by Crippen LogP contribution is 2.06. The van der Waals surface area contributed by atoms with Crippen molar-refractivity contribution in [2.24, 2.45) is 5.92 Å². The predicted octanol–water partition coefficient (Wildman–Crippen LogP) is 2.41. The number of benzene rings is 1. The standard InChI is InChI=1S/C14H19NO4/c1-10(2)8-12(13(16)17)15-14(18)19-9-11-6-4-3-5-7-11/h3-7,10,12H,8-9H2,1-2H3,(H,15,18)(H,16,17)/t12-/m0/s1/i8D2. The Balaban J connectivity index is 2.64. The largest absolute Gasteiger partial charge is 0.480 e. The van der Waals surface area contributed by atoms with Crippen molar-refractivity contribution in [1.82, 2.24) is 5.32 Å². The smallest absolute Gasteiger partial charge is 0.408 e. The van der Waals surface area contributed by atoms with E-state index in [1.165, 1.54) is 0 Å². The maximum atomic E-state index is 11.6. The van der Waals surface area contributed by atoms with Gasteiger partial charge >= 0.3 is 12.1 Å². The predicted molar refractivity (Wildman–Crippen MR) is 70.6 cm³/mol. The van der Waals surface area contributed by atoms with Crippen LogP contribution in [-0.4, -0.2) is 23.2 Å². The van der Waals surface area contributed by atoms with Crippen molar-refractivity contribution in [3.05, 3.63) is 35.9 Å². The van der Waals surface area contributed by atoms with Gasteiger partial charge in [0.25, 0.3) is 0 Å². The lowest BCUT2D eigenvalue weighted by Gasteiger charge is -2.16. The number of ether oxygens (including phenoxy) is 1. The molecule has 1 atom stereocenters. The van der Waals surface area contributed by atoms with Crippen molar-refractivity contribution in [2.45, 2.75) is 32.9 Å². The highest BCUT2D eigenvalue weighted by atomic mass is 16.5. The first-order valence-electron chi connectivity index (χ1n) is 6.95. The molecule has 0 fully saturated rings. The lowest BCUT2D eigenvalue weighted by Crippen LogP contribution is -2.41. The van der Waals surface area contributed by atoms with Gasteiger partial charge in [-0.1, -0.05) is 44.2 Å². The molecule has 19 heavy (non-hydrogen) atoms. The zero-order chi connectivity index (χ0) is 16.0. The Kier molecular flexibility index (Phi) is 4.68. The average molecular weight is 267 g/mol. The van der Waals surface area contributed by atoms with Crippen LogP contribution in [0, 0.1) is 5.92 Å². The average Bonchev–Trinajstić information content (AvgIpc) is 2.43. The molecule has 5 nitrogen and oxygen atoms in total. The molecular formula is C14H19NO4. The first-order valence-corrected chi connectivity index (χ1v) is 5.95. The normalized spacial score (nSPS) is 14.3. The van der Waals surface area contributed by atoms with E-state index in [-0.39, 0.29) is 6.61 Å². The second-order valence-corrected chi connectivity index (χ2v) is 4.30. The Hall–Kier alpha value is -2.04.